The second-order valence-electron chi connectivity index (χ2n) is 7.75. The Morgan fingerprint density at radius 1 is 1.24 bits per heavy atom. The Hall–Kier alpha value is -2.35. The average Bonchev–Trinajstić information content (AvgIpc) is 3.43. The first kappa shape index (κ1) is 21.4. The maximum Gasteiger partial charge on any atom is 0.317 e. The van der Waals surface area contributed by atoms with Crippen LogP contribution in [0.15, 0.2) is 0 Å². The Kier molecular flexibility index (Phi) is 6.95. The molecular weight excluding hydrogens is 368 g/mol. The van der Waals surface area contributed by atoms with Crippen molar-refractivity contribution in [2.45, 2.75) is 53.5 Å². The quantitative estimate of drug-likeness (QED) is 0.595. The number of carbonyl (C=O) groups excluding carboxylic acids is 1. The first-order chi connectivity index (χ1) is 14.0. The first-order valence-corrected chi connectivity index (χ1v) is 10.7. The fourth-order valence-electron chi connectivity index (χ4n) is 3.63. The lowest BCUT2D eigenvalue weighted by Crippen LogP contribution is -2.41. The number of nitrogens with one attached hydrogen (secondary N) is 1. The Morgan fingerprint density at radius 3 is 2.62 bits per heavy atom. The van der Waals surface area contributed by atoms with Crippen LogP contribution in [0.5, 0.6) is 0 Å². The number of fused-ring (bicyclic) bond motifs is 1. The third-order valence-corrected chi connectivity index (χ3v) is 5.68. The number of rotatable bonds is 10. The van der Waals surface area contributed by atoms with Crippen LogP contribution in [-0.2, 0) is 17.7 Å². The van der Waals surface area contributed by atoms with Crippen molar-refractivity contribution in [3.05, 3.63) is 17.1 Å². The lowest BCUT2D eigenvalue weighted by atomic mass is 10.2. The van der Waals surface area contributed by atoms with Gasteiger partial charge in [0.1, 0.15) is 11.3 Å². The summed E-state index contributed by atoms with van der Waals surface area (Å²) in [7, 11) is 0. The third-order valence-electron chi connectivity index (χ3n) is 5.68. The number of aromatic nitrogens is 3. The fraction of sp³-hybridized carbons (Fsp3) is 0.667. The second-order valence-corrected chi connectivity index (χ2v) is 7.75. The van der Waals surface area contributed by atoms with E-state index in [0.29, 0.717) is 45.2 Å². The molecule has 1 aliphatic carbocycles. The Labute approximate surface area is 172 Å². The van der Waals surface area contributed by atoms with Crippen LogP contribution in [0.1, 0.15) is 43.8 Å². The molecule has 2 aromatic heterocycles. The molecule has 2 amide bonds. The van der Waals surface area contributed by atoms with Gasteiger partial charge in [-0.1, -0.05) is 0 Å². The third kappa shape index (κ3) is 4.98. The molecule has 1 fully saturated rings. The van der Waals surface area contributed by atoms with Crippen LogP contribution in [0.4, 0.5) is 10.6 Å². The van der Waals surface area contributed by atoms with Crippen LogP contribution >= 0.6 is 0 Å². The van der Waals surface area contributed by atoms with E-state index in [4.69, 9.17) is 15.5 Å². The zero-order valence-corrected chi connectivity index (χ0v) is 18.1. The zero-order valence-electron chi connectivity index (χ0n) is 18.1. The number of pyridine rings is 1. The number of hydrogen-bond acceptors (Lipinski definition) is 5. The van der Waals surface area contributed by atoms with Gasteiger partial charge < -0.3 is 25.3 Å². The molecule has 160 valence electrons. The minimum absolute atomic E-state index is 0.0417. The second kappa shape index (κ2) is 9.43. The van der Waals surface area contributed by atoms with E-state index in [1.165, 1.54) is 12.8 Å². The number of anilines is 1. The minimum atomic E-state index is -0.0417. The van der Waals surface area contributed by atoms with E-state index in [2.05, 4.69) is 21.8 Å². The first-order valence-electron chi connectivity index (χ1n) is 10.7. The highest BCUT2D eigenvalue weighted by molar-refractivity contribution is 5.88. The van der Waals surface area contributed by atoms with E-state index in [1.54, 1.807) is 4.90 Å². The van der Waals surface area contributed by atoms with E-state index < -0.39 is 0 Å². The summed E-state index contributed by atoms with van der Waals surface area (Å²) < 4.78 is 8.05. The van der Waals surface area contributed by atoms with Crippen molar-refractivity contribution < 1.29 is 9.53 Å². The Bertz CT molecular complexity index is 855. The molecule has 0 aliphatic heterocycles. The van der Waals surface area contributed by atoms with Gasteiger partial charge in [-0.3, -0.25) is 0 Å². The van der Waals surface area contributed by atoms with Crippen LogP contribution in [0, 0.1) is 19.8 Å². The number of urea groups is 1. The summed E-state index contributed by atoms with van der Waals surface area (Å²) in [5.41, 5.74) is 10.1. The van der Waals surface area contributed by atoms with Crippen molar-refractivity contribution in [2.24, 2.45) is 5.92 Å². The number of nitrogen functional groups attached to an aromatic ring is 1. The smallest absolute Gasteiger partial charge is 0.317 e. The highest BCUT2D eigenvalue weighted by Gasteiger charge is 2.26. The SMILES string of the molecule is CCN(CC)C(=O)NCCOCCn1c(CC2CC2)nc2c(N)nc(C)c(C)c21. The molecule has 1 saturated carbocycles. The topological polar surface area (TPSA) is 98.3 Å². The van der Waals surface area contributed by atoms with Gasteiger partial charge in [0.2, 0.25) is 0 Å². The fourth-order valence-corrected chi connectivity index (χ4v) is 3.63. The molecule has 3 N–H and O–H groups in total. The molecule has 2 aromatic rings. The summed E-state index contributed by atoms with van der Waals surface area (Å²) in [5.74, 6) is 2.31. The molecule has 8 nitrogen and oxygen atoms in total. The summed E-state index contributed by atoms with van der Waals surface area (Å²) >= 11 is 0. The Balaban J connectivity index is 1.61. The van der Waals surface area contributed by atoms with Gasteiger partial charge in [0, 0.05) is 38.3 Å². The lowest BCUT2D eigenvalue weighted by molar-refractivity contribution is 0.126. The number of aryl methyl sites for hydroxylation is 2. The largest absolute Gasteiger partial charge is 0.382 e. The molecule has 0 spiro atoms. The van der Waals surface area contributed by atoms with Gasteiger partial charge in [-0.2, -0.15) is 0 Å². The molecule has 1 aliphatic rings. The van der Waals surface area contributed by atoms with Crippen molar-refractivity contribution in [2.75, 3.05) is 38.6 Å². The van der Waals surface area contributed by atoms with E-state index in [-0.39, 0.29) is 6.03 Å². The maximum absolute atomic E-state index is 12.0. The molecule has 0 aromatic carbocycles. The highest BCUT2D eigenvalue weighted by atomic mass is 16.5. The van der Waals surface area contributed by atoms with Gasteiger partial charge in [0.25, 0.3) is 0 Å². The number of amides is 2. The molecular formula is C21H34N6O2. The average molecular weight is 403 g/mol. The zero-order chi connectivity index (χ0) is 21.0. The molecule has 0 radical (unpaired) electrons. The number of ether oxygens (including phenoxy) is 1. The molecule has 29 heavy (non-hydrogen) atoms. The van der Waals surface area contributed by atoms with Crippen LogP contribution in [-0.4, -0.2) is 58.3 Å². The molecule has 3 rings (SSSR count). The molecule has 0 saturated heterocycles. The van der Waals surface area contributed by atoms with Crippen LogP contribution in [0.25, 0.3) is 11.0 Å². The van der Waals surface area contributed by atoms with Crippen molar-refractivity contribution in [1.82, 2.24) is 24.8 Å². The monoisotopic (exact) mass is 402 g/mol. The van der Waals surface area contributed by atoms with Gasteiger partial charge in [-0.15, -0.1) is 0 Å². The molecule has 8 heteroatoms. The summed E-state index contributed by atoms with van der Waals surface area (Å²) in [6.45, 7) is 11.7. The van der Waals surface area contributed by atoms with Crippen molar-refractivity contribution in [1.29, 1.82) is 0 Å². The normalized spacial score (nSPS) is 13.8. The standard InChI is InChI=1S/C21H34N6O2/c1-5-26(6-2)21(28)23-9-11-29-12-10-27-17(13-16-7-8-16)25-18-19(27)14(3)15(4)24-20(18)22/h16H,5-13H2,1-4H3,(H2,22,24)(H,23,28). The molecule has 0 unspecified atom stereocenters. The van der Waals surface area contributed by atoms with Crippen LogP contribution in [0.2, 0.25) is 0 Å². The van der Waals surface area contributed by atoms with E-state index in [9.17, 15) is 4.79 Å². The molecule has 0 atom stereocenters. The van der Waals surface area contributed by atoms with Gasteiger partial charge in [0.15, 0.2) is 5.82 Å². The van der Waals surface area contributed by atoms with E-state index in [0.717, 1.165) is 40.5 Å². The van der Waals surface area contributed by atoms with Crippen molar-refractivity contribution >= 4 is 22.9 Å². The predicted molar refractivity (Wildman–Crippen MR) is 115 cm³/mol. The maximum atomic E-state index is 12.0. The summed E-state index contributed by atoms with van der Waals surface area (Å²) in [6.07, 6.45) is 3.53. The van der Waals surface area contributed by atoms with Crippen LogP contribution in [0.3, 0.4) is 0 Å². The summed E-state index contributed by atoms with van der Waals surface area (Å²) in [6, 6.07) is -0.0417. The summed E-state index contributed by atoms with van der Waals surface area (Å²) in [5, 5.41) is 2.90. The minimum Gasteiger partial charge on any atom is -0.382 e. The van der Waals surface area contributed by atoms with Gasteiger partial charge >= 0.3 is 6.03 Å². The predicted octanol–water partition coefficient (Wildman–Crippen LogP) is 2.65. The van der Waals surface area contributed by atoms with Crippen molar-refractivity contribution in [3.63, 3.8) is 0 Å². The van der Waals surface area contributed by atoms with Gasteiger partial charge in [0.05, 0.1) is 18.7 Å². The lowest BCUT2D eigenvalue weighted by Gasteiger charge is -2.19. The van der Waals surface area contributed by atoms with Crippen molar-refractivity contribution in [3.8, 4) is 0 Å². The molecule has 2 heterocycles. The van der Waals surface area contributed by atoms with E-state index in [1.807, 2.05) is 20.8 Å². The van der Waals surface area contributed by atoms with Gasteiger partial charge in [-0.25, -0.2) is 14.8 Å². The summed E-state index contributed by atoms with van der Waals surface area (Å²) in [4.78, 5) is 23.0. The number of imidazole rings is 1. The molecule has 0 bridgehead atoms. The number of carbonyl (C=O) groups is 1. The number of nitrogens with zero attached hydrogens (tertiary/aromatic N) is 4. The number of hydrogen-bond donors (Lipinski definition) is 2. The number of nitrogens with two attached hydrogens (primary N) is 1. The van der Waals surface area contributed by atoms with Crippen LogP contribution < -0.4 is 11.1 Å². The highest BCUT2D eigenvalue weighted by Crippen LogP contribution is 2.34. The van der Waals surface area contributed by atoms with E-state index >= 15 is 0 Å². The Morgan fingerprint density at radius 2 is 1.97 bits per heavy atom. The van der Waals surface area contributed by atoms with Gasteiger partial charge in [-0.05, 0) is 52.0 Å².